The minimum absolute atomic E-state index is 0.0500. The molecule has 2 amide bonds. The molecule has 0 aliphatic carbocycles. The molecular weight excluding hydrogens is 463 g/mol. The van der Waals surface area contributed by atoms with E-state index in [0.717, 1.165) is 12.8 Å². The number of benzene rings is 2. The maximum Gasteiger partial charge on any atom is 0.336 e. The number of ether oxygens (including phenoxy) is 1. The van der Waals surface area contributed by atoms with E-state index in [2.05, 4.69) is 0 Å². The molecule has 4 rings (SSSR count). The van der Waals surface area contributed by atoms with E-state index in [1.807, 2.05) is 0 Å². The largest absolute Gasteiger partial charge is 0.481 e. The number of halogens is 2. The third-order valence-corrected chi connectivity index (χ3v) is 6.23. The van der Waals surface area contributed by atoms with Crippen LogP contribution in [-0.4, -0.2) is 35.9 Å². The minimum Gasteiger partial charge on any atom is -0.481 e. The molecule has 0 unspecified atom stereocenters. The van der Waals surface area contributed by atoms with Crippen LogP contribution >= 0.6 is 11.6 Å². The van der Waals surface area contributed by atoms with E-state index in [1.165, 1.54) is 30.3 Å². The average Bonchev–Trinajstić information content (AvgIpc) is 2.77. The van der Waals surface area contributed by atoms with Gasteiger partial charge in [-0.2, -0.15) is 0 Å². The topological polar surface area (TPSA) is 103 Å². The van der Waals surface area contributed by atoms with Crippen molar-refractivity contribution in [2.45, 2.75) is 32.3 Å². The zero-order chi connectivity index (χ0) is 24.4. The molecule has 0 spiro atoms. The fraction of sp³-hybridized carbons (Fsp3) is 0.320. The molecule has 0 radical (unpaired) electrons. The third-order valence-electron chi connectivity index (χ3n) is 5.92. The van der Waals surface area contributed by atoms with Crippen LogP contribution < -0.4 is 16.1 Å². The third kappa shape index (κ3) is 5.22. The van der Waals surface area contributed by atoms with Crippen LogP contribution in [0.3, 0.4) is 0 Å². The highest BCUT2D eigenvalue weighted by Gasteiger charge is 2.28. The number of likely N-dealkylation sites (tertiary alicyclic amines) is 1. The highest BCUT2D eigenvalue weighted by Crippen LogP contribution is 2.34. The molecule has 1 saturated heterocycles. The van der Waals surface area contributed by atoms with Crippen molar-refractivity contribution < 1.29 is 23.1 Å². The average molecular weight is 487 g/mol. The standard InChI is InChI=1S/C25H24ClFN2O5/c1-14(25(32)29-8-2-3-15(13-29)9-23(28)30)33-17-5-7-19-20(12-24(31)34-22(19)11-17)18-6-4-16(27)10-21(18)26/h4-7,10-12,14-15H,2-3,8-9,13H2,1H3,(H2,28,30)/t14-,15-/m1/s1. The van der Waals surface area contributed by atoms with Gasteiger partial charge in [-0.25, -0.2) is 9.18 Å². The molecule has 9 heteroatoms. The number of fused-ring (bicyclic) bond motifs is 1. The second-order valence-corrected chi connectivity index (χ2v) is 8.89. The number of nitrogens with two attached hydrogens (primary N) is 1. The van der Waals surface area contributed by atoms with Crippen molar-refractivity contribution in [3.05, 3.63) is 63.7 Å². The Hall–Kier alpha value is -3.39. The summed E-state index contributed by atoms with van der Waals surface area (Å²) in [5.74, 6) is -0.645. The van der Waals surface area contributed by atoms with Gasteiger partial charge in [-0.1, -0.05) is 11.6 Å². The molecular formula is C25H24ClFN2O5. The normalized spacial score (nSPS) is 16.9. The Kier molecular flexibility index (Phi) is 6.88. The maximum absolute atomic E-state index is 13.5. The molecule has 0 bridgehead atoms. The molecule has 1 fully saturated rings. The summed E-state index contributed by atoms with van der Waals surface area (Å²) in [5, 5.41) is 0.757. The summed E-state index contributed by atoms with van der Waals surface area (Å²) in [6.07, 6.45) is 1.12. The minimum atomic E-state index is -0.786. The van der Waals surface area contributed by atoms with E-state index in [9.17, 15) is 18.8 Å². The summed E-state index contributed by atoms with van der Waals surface area (Å²) in [5.41, 5.74) is 5.95. The van der Waals surface area contributed by atoms with Gasteiger partial charge < -0.3 is 19.8 Å². The fourth-order valence-corrected chi connectivity index (χ4v) is 4.64. The number of hydrogen-bond donors (Lipinski definition) is 1. The Bertz CT molecular complexity index is 1310. The van der Waals surface area contributed by atoms with E-state index in [0.29, 0.717) is 35.4 Å². The van der Waals surface area contributed by atoms with Gasteiger partial charge in [0.2, 0.25) is 5.91 Å². The van der Waals surface area contributed by atoms with E-state index >= 15 is 0 Å². The molecule has 7 nitrogen and oxygen atoms in total. The Labute approximate surface area is 200 Å². The van der Waals surface area contributed by atoms with E-state index < -0.39 is 17.5 Å². The first-order valence-corrected chi connectivity index (χ1v) is 11.4. The zero-order valence-corrected chi connectivity index (χ0v) is 19.3. The molecule has 2 heterocycles. The summed E-state index contributed by atoms with van der Waals surface area (Å²) in [7, 11) is 0. The van der Waals surface area contributed by atoms with Gasteiger partial charge in [-0.05, 0) is 56.0 Å². The molecule has 34 heavy (non-hydrogen) atoms. The zero-order valence-electron chi connectivity index (χ0n) is 18.6. The van der Waals surface area contributed by atoms with Gasteiger partial charge >= 0.3 is 5.63 Å². The van der Waals surface area contributed by atoms with E-state index in [4.69, 9.17) is 26.5 Å². The number of primary amides is 1. The van der Waals surface area contributed by atoms with Crippen LogP contribution in [0.1, 0.15) is 26.2 Å². The second-order valence-electron chi connectivity index (χ2n) is 8.48. The van der Waals surface area contributed by atoms with Crippen LogP contribution in [0.15, 0.2) is 51.7 Å². The lowest BCUT2D eigenvalue weighted by Gasteiger charge is -2.33. The molecule has 3 aromatic rings. The molecule has 1 aliphatic rings. The van der Waals surface area contributed by atoms with Crippen molar-refractivity contribution in [1.29, 1.82) is 0 Å². The Morgan fingerprint density at radius 2 is 2.03 bits per heavy atom. The summed E-state index contributed by atoms with van der Waals surface area (Å²) in [6, 6.07) is 10.1. The monoisotopic (exact) mass is 486 g/mol. The highest BCUT2D eigenvalue weighted by atomic mass is 35.5. The van der Waals surface area contributed by atoms with Crippen molar-refractivity contribution in [1.82, 2.24) is 4.90 Å². The Morgan fingerprint density at radius 3 is 2.76 bits per heavy atom. The number of rotatable bonds is 6. The summed E-state index contributed by atoms with van der Waals surface area (Å²) < 4.78 is 24.7. The van der Waals surface area contributed by atoms with Crippen molar-refractivity contribution in [3.8, 4) is 16.9 Å². The van der Waals surface area contributed by atoms with Crippen LogP contribution in [0.2, 0.25) is 5.02 Å². The second kappa shape index (κ2) is 9.85. The van der Waals surface area contributed by atoms with Gasteiger partial charge in [0, 0.05) is 48.2 Å². The molecule has 2 N–H and O–H groups in total. The molecule has 2 atom stereocenters. The van der Waals surface area contributed by atoms with Gasteiger partial charge in [0.1, 0.15) is 17.1 Å². The Morgan fingerprint density at radius 1 is 1.24 bits per heavy atom. The van der Waals surface area contributed by atoms with E-state index in [-0.39, 0.29) is 34.8 Å². The van der Waals surface area contributed by atoms with Crippen LogP contribution in [-0.2, 0) is 9.59 Å². The quantitative estimate of drug-likeness (QED) is 0.527. The molecule has 1 aliphatic heterocycles. The first-order valence-electron chi connectivity index (χ1n) is 11.0. The Balaban J connectivity index is 1.55. The smallest absolute Gasteiger partial charge is 0.336 e. The molecule has 178 valence electrons. The molecule has 1 aromatic heterocycles. The highest BCUT2D eigenvalue weighted by molar-refractivity contribution is 6.33. The SMILES string of the molecule is C[C@@H](Oc1ccc2c(-c3ccc(F)cc3Cl)cc(=O)oc2c1)C(=O)N1CCC[C@H](CC(N)=O)C1. The molecule has 0 saturated carbocycles. The lowest BCUT2D eigenvalue weighted by Crippen LogP contribution is -2.46. The van der Waals surface area contributed by atoms with Gasteiger partial charge in [0.05, 0.1) is 5.02 Å². The fourth-order valence-electron chi connectivity index (χ4n) is 4.38. The number of nitrogens with zero attached hydrogens (tertiary/aromatic N) is 1. The number of piperidine rings is 1. The van der Waals surface area contributed by atoms with Crippen LogP contribution in [0.25, 0.3) is 22.1 Å². The predicted molar refractivity (Wildman–Crippen MR) is 126 cm³/mol. The van der Waals surface area contributed by atoms with Gasteiger partial charge in [0.25, 0.3) is 5.91 Å². The van der Waals surface area contributed by atoms with Crippen LogP contribution in [0.5, 0.6) is 5.75 Å². The van der Waals surface area contributed by atoms with Gasteiger partial charge in [-0.3, -0.25) is 9.59 Å². The van der Waals surface area contributed by atoms with Crippen molar-refractivity contribution >= 4 is 34.4 Å². The molecule has 2 aromatic carbocycles. The number of carbonyl (C=O) groups is 2. The van der Waals surface area contributed by atoms with Gasteiger partial charge in [0.15, 0.2) is 6.10 Å². The maximum atomic E-state index is 13.5. The summed E-state index contributed by atoms with van der Waals surface area (Å²) in [6.45, 7) is 2.70. The number of hydrogen-bond acceptors (Lipinski definition) is 5. The first-order chi connectivity index (χ1) is 16.2. The van der Waals surface area contributed by atoms with Gasteiger partial charge in [-0.15, -0.1) is 0 Å². The van der Waals surface area contributed by atoms with Crippen LogP contribution in [0, 0.1) is 11.7 Å². The number of amides is 2. The number of carbonyl (C=O) groups excluding carboxylic acids is 2. The first kappa shape index (κ1) is 23.8. The van der Waals surface area contributed by atoms with Crippen molar-refractivity contribution in [2.24, 2.45) is 11.7 Å². The summed E-state index contributed by atoms with van der Waals surface area (Å²) >= 11 is 6.20. The van der Waals surface area contributed by atoms with Crippen LogP contribution in [0.4, 0.5) is 4.39 Å². The lowest BCUT2D eigenvalue weighted by molar-refractivity contribution is -0.140. The van der Waals surface area contributed by atoms with Crippen molar-refractivity contribution in [3.63, 3.8) is 0 Å². The lowest BCUT2D eigenvalue weighted by atomic mass is 9.94. The predicted octanol–water partition coefficient (Wildman–Crippen LogP) is 4.13. The van der Waals surface area contributed by atoms with E-state index in [1.54, 1.807) is 24.0 Å². The van der Waals surface area contributed by atoms with Crippen molar-refractivity contribution in [2.75, 3.05) is 13.1 Å². The summed E-state index contributed by atoms with van der Waals surface area (Å²) in [4.78, 5) is 38.0.